The van der Waals surface area contributed by atoms with Crippen molar-refractivity contribution in [3.05, 3.63) is 83.9 Å². The first-order valence-electron chi connectivity index (χ1n) is 9.36. The third-order valence-electron chi connectivity index (χ3n) is 4.94. The molecule has 1 aliphatic rings. The summed E-state index contributed by atoms with van der Waals surface area (Å²) in [5, 5.41) is 0. The van der Waals surface area contributed by atoms with Crippen LogP contribution < -0.4 is 9.03 Å². The van der Waals surface area contributed by atoms with Crippen molar-refractivity contribution in [2.45, 2.75) is 22.6 Å². The maximum Gasteiger partial charge on any atom is 0.264 e. The summed E-state index contributed by atoms with van der Waals surface area (Å²) in [4.78, 5) is -0.179. The molecule has 0 amide bonds. The van der Waals surface area contributed by atoms with Crippen molar-refractivity contribution >= 4 is 31.4 Å². The lowest BCUT2D eigenvalue weighted by Gasteiger charge is -2.31. The fraction of sp³-hybridized carbons (Fsp3) is 0.143. The lowest BCUT2D eigenvalue weighted by molar-refractivity contribution is 0.585. The molecule has 6 nitrogen and oxygen atoms in total. The van der Waals surface area contributed by atoms with Crippen LogP contribution in [0.3, 0.4) is 0 Å². The van der Waals surface area contributed by atoms with Crippen LogP contribution in [-0.2, 0) is 26.5 Å². The number of hydrogen-bond donors (Lipinski definition) is 1. The molecule has 0 bridgehead atoms. The van der Waals surface area contributed by atoms with Crippen LogP contribution in [0.25, 0.3) is 0 Å². The van der Waals surface area contributed by atoms with Gasteiger partial charge in [-0.25, -0.2) is 25.6 Å². The Morgan fingerprint density at radius 1 is 0.774 bits per heavy atom. The van der Waals surface area contributed by atoms with Crippen molar-refractivity contribution in [1.82, 2.24) is 0 Å². The van der Waals surface area contributed by atoms with E-state index in [9.17, 15) is 25.6 Å². The van der Waals surface area contributed by atoms with Gasteiger partial charge in [0, 0.05) is 6.54 Å². The molecule has 3 aromatic rings. The Morgan fingerprint density at radius 3 is 1.97 bits per heavy atom. The number of benzene rings is 3. The molecule has 10 heteroatoms. The highest BCUT2D eigenvalue weighted by Gasteiger charge is 2.29. The fourth-order valence-corrected chi connectivity index (χ4v) is 6.00. The van der Waals surface area contributed by atoms with Gasteiger partial charge in [0.1, 0.15) is 11.6 Å². The van der Waals surface area contributed by atoms with E-state index in [1.807, 2.05) is 0 Å². The molecule has 0 fully saturated rings. The smallest absolute Gasteiger partial charge is 0.264 e. The first-order valence-corrected chi connectivity index (χ1v) is 12.3. The van der Waals surface area contributed by atoms with Gasteiger partial charge in [-0.3, -0.25) is 9.03 Å². The number of rotatable bonds is 5. The van der Waals surface area contributed by atoms with Gasteiger partial charge in [0.2, 0.25) is 0 Å². The van der Waals surface area contributed by atoms with Gasteiger partial charge in [0.15, 0.2) is 0 Å². The van der Waals surface area contributed by atoms with Gasteiger partial charge in [0.05, 0.1) is 21.2 Å². The van der Waals surface area contributed by atoms with Crippen LogP contribution >= 0.6 is 0 Å². The average molecular weight is 465 g/mol. The summed E-state index contributed by atoms with van der Waals surface area (Å²) in [6.45, 7) is 0.209. The largest absolute Gasteiger partial charge is 0.280 e. The summed E-state index contributed by atoms with van der Waals surface area (Å²) >= 11 is 0. The summed E-state index contributed by atoms with van der Waals surface area (Å²) in [6, 6.07) is 13.6. The molecule has 0 atom stereocenters. The van der Waals surface area contributed by atoms with Crippen molar-refractivity contribution in [2.24, 2.45) is 0 Å². The molecule has 0 radical (unpaired) electrons. The minimum atomic E-state index is -3.99. The Balaban J connectivity index is 1.69. The second-order valence-corrected chi connectivity index (χ2v) is 10.6. The molecule has 31 heavy (non-hydrogen) atoms. The second-order valence-electron chi connectivity index (χ2n) is 7.04. The zero-order valence-electron chi connectivity index (χ0n) is 16.1. The van der Waals surface area contributed by atoms with Gasteiger partial charge < -0.3 is 0 Å². The highest BCUT2D eigenvalue weighted by Crippen LogP contribution is 2.34. The van der Waals surface area contributed by atoms with Crippen LogP contribution in [0.5, 0.6) is 0 Å². The number of sulfonamides is 2. The van der Waals surface area contributed by atoms with E-state index < -0.39 is 31.7 Å². The summed E-state index contributed by atoms with van der Waals surface area (Å²) in [5.41, 5.74) is 1.28. The number of aryl methyl sites for hydroxylation is 1. The zero-order chi connectivity index (χ0) is 22.2. The monoisotopic (exact) mass is 464 g/mol. The predicted octanol–water partition coefficient (Wildman–Crippen LogP) is 3.91. The summed E-state index contributed by atoms with van der Waals surface area (Å²) < 4.78 is 81.5. The van der Waals surface area contributed by atoms with Gasteiger partial charge in [-0.05, 0) is 79.1 Å². The minimum Gasteiger partial charge on any atom is -0.280 e. The van der Waals surface area contributed by atoms with Crippen molar-refractivity contribution in [3.8, 4) is 0 Å². The molecule has 1 aliphatic heterocycles. The Hall–Kier alpha value is -2.98. The lowest BCUT2D eigenvalue weighted by Crippen LogP contribution is -2.35. The topological polar surface area (TPSA) is 83.6 Å². The highest BCUT2D eigenvalue weighted by molar-refractivity contribution is 7.93. The summed E-state index contributed by atoms with van der Waals surface area (Å²) in [5.74, 6) is -1.11. The summed E-state index contributed by atoms with van der Waals surface area (Å²) in [6.07, 6.45) is 1.23. The zero-order valence-corrected chi connectivity index (χ0v) is 17.8. The van der Waals surface area contributed by atoms with Crippen LogP contribution in [0.1, 0.15) is 12.0 Å². The van der Waals surface area contributed by atoms with Crippen LogP contribution in [0.15, 0.2) is 76.5 Å². The third-order valence-corrected chi connectivity index (χ3v) is 8.16. The molecule has 1 N–H and O–H groups in total. The number of fused-ring (bicyclic) bond motifs is 1. The SMILES string of the molecule is O=S(=O)(Nc1ccc2c(c1)N(S(=O)(=O)c1ccc(F)cc1)CCC2)c1ccc(F)cc1. The van der Waals surface area contributed by atoms with E-state index >= 15 is 0 Å². The normalized spacial score (nSPS) is 14.2. The Kier molecular flexibility index (Phi) is 5.44. The van der Waals surface area contributed by atoms with E-state index in [-0.39, 0.29) is 22.0 Å². The number of halogens is 2. The molecule has 0 aromatic heterocycles. The molecular weight excluding hydrogens is 446 g/mol. The van der Waals surface area contributed by atoms with Gasteiger partial charge in [0.25, 0.3) is 20.0 Å². The first kappa shape index (κ1) is 21.3. The van der Waals surface area contributed by atoms with E-state index in [0.29, 0.717) is 18.5 Å². The number of nitrogens with one attached hydrogen (secondary N) is 1. The van der Waals surface area contributed by atoms with Crippen molar-refractivity contribution in [1.29, 1.82) is 0 Å². The second kappa shape index (κ2) is 7.93. The average Bonchev–Trinajstić information content (AvgIpc) is 2.73. The van der Waals surface area contributed by atoms with E-state index in [0.717, 1.165) is 42.0 Å². The molecule has 3 aromatic carbocycles. The molecule has 0 spiro atoms. The minimum absolute atomic E-state index is 0.0564. The molecule has 162 valence electrons. The Morgan fingerprint density at radius 2 is 1.35 bits per heavy atom. The third kappa shape index (κ3) is 4.26. The molecule has 1 heterocycles. The van der Waals surface area contributed by atoms with Gasteiger partial charge in [-0.2, -0.15) is 0 Å². The van der Waals surface area contributed by atoms with Gasteiger partial charge >= 0.3 is 0 Å². The summed E-state index contributed by atoms with van der Waals surface area (Å²) in [7, 11) is -7.95. The van der Waals surface area contributed by atoms with Crippen molar-refractivity contribution < 1.29 is 25.6 Å². The quantitative estimate of drug-likeness (QED) is 0.621. The van der Waals surface area contributed by atoms with Crippen molar-refractivity contribution in [3.63, 3.8) is 0 Å². The van der Waals surface area contributed by atoms with E-state index in [2.05, 4.69) is 4.72 Å². The highest BCUT2D eigenvalue weighted by atomic mass is 32.2. The molecular formula is C21H18F2N2O4S2. The Bertz CT molecular complexity index is 1320. The number of anilines is 2. The molecule has 4 rings (SSSR count). The first-order chi connectivity index (χ1) is 14.7. The van der Waals surface area contributed by atoms with Crippen LogP contribution in [-0.4, -0.2) is 23.4 Å². The maximum atomic E-state index is 13.2. The predicted molar refractivity (Wildman–Crippen MR) is 113 cm³/mol. The van der Waals surface area contributed by atoms with E-state index in [4.69, 9.17) is 0 Å². The molecule has 0 aliphatic carbocycles. The molecule has 0 unspecified atom stereocenters. The van der Waals surface area contributed by atoms with E-state index in [1.54, 1.807) is 12.1 Å². The molecule has 0 saturated carbocycles. The lowest BCUT2D eigenvalue weighted by atomic mass is 10.0. The van der Waals surface area contributed by atoms with E-state index in [1.165, 1.54) is 22.5 Å². The van der Waals surface area contributed by atoms with Crippen molar-refractivity contribution in [2.75, 3.05) is 15.6 Å². The van der Waals surface area contributed by atoms with Gasteiger partial charge in [-0.1, -0.05) is 6.07 Å². The standard InChI is InChI=1S/C21H18F2N2O4S2/c22-16-4-9-19(10-5-16)30(26,27)24-18-8-3-15-2-1-13-25(21(15)14-18)31(28,29)20-11-6-17(23)7-12-20/h3-12,14,24H,1-2,13H2. The van der Waals surface area contributed by atoms with Crippen LogP contribution in [0, 0.1) is 11.6 Å². The van der Waals surface area contributed by atoms with Crippen LogP contribution in [0.2, 0.25) is 0 Å². The van der Waals surface area contributed by atoms with Gasteiger partial charge in [-0.15, -0.1) is 0 Å². The Labute approximate surface area is 179 Å². The maximum absolute atomic E-state index is 13.2. The number of hydrogen-bond acceptors (Lipinski definition) is 4. The fourth-order valence-electron chi connectivity index (χ4n) is 3.42. The number of nitrogens with zero attached hydrogens (tertiary/aromatic N) is 1. The van der Waals surface area contributed by atoms with Crippen LogP contribution in [0.4, 0.5) is 20.2 Å². The molecule has 0 saturated heterocycles.